The molecule has 3 aromatic heterocycles. The van der Waals surface area contributed by atoms with Gasteiger partial charge < -0.3 is 10.3 Å². The Morgan fingerprint density at radius 2 is 2.11 bits per heavy atom. The van der Waals surface area contributed by atoms with Gasteiger partial charge in [-0.1, -0.05) is 36.0 Å². The molecular weight excluding hydrogens is 398 g/mol. The summed E-state index contributed by atoms with van der Waals surface area (Å²) < 4.78 is 0. The summed E-state index contributed by atoms with van der Waals surface area (Å²) in [6.45, 7) is 0.662. The monoisotopic (exact) mass is 415 g/mol. The number of para-hydroxylation sites is 1. The van der Waals surface area contributed by atoms with E-state index in [0.717, 1.165) is 27.9 Å². The Bertz CT molecular complexity index is 1050. The first kappa shape index (κ1) is 18.3. The van der Waals surface area contributed by atoms with Crippen LogP contribution >= 0.6 is 34.9 Å². The third kappa shape index (κ3) is 4.60. The van der Waals surface area contributed by atoms with Crippen LogP contribution in [0.15, 0.2) is 46.9 Å². The second-order valence-corrected chi connectivity index (χ2v) is 8.81. The molecule has 0 radical (unpaired) electrons. The van der Waals surface area contributed by atoms with Gasteiger partial charge in [-0.25, -0.2) is 4.98 Å². The van der Waals surface area contributed by atoms with Crippen LogP contribution in [0, 0.1) is 0 Å². The molecule has 1 amide bonds. The zero-order valence-electron chi connectivity index (χ0n) is 14.3. The molecule has 27 heavy (non-hydrogen) atoms. The van der Waals surface area contributed by atoms with Gasteiger partial charge in [0.1, 0.15) is 5.52 Å². The van der Waals surface area contributed by atoms with E-state index in [1.807, 2.05) is 36.0 Å². The number of benzene rings is 1. The van der Waals surface area contributed by atoms with Gasteiger partial charge in [-0.2, -0.15) is 11.8 Å². The fourth-order valence-electron chi connectivity index (χ4n) is 2.58. The van der Waals surface area contributed by atoms with Crippen LogP contribution in [0.25, 0.3) is 22.1 Å². The zero-order chi connectivity index (χ0) is 18.5. The lowest BCUT2D eigenvalue weighted by molar-refractivity contribution is -0.118. The van der Waals surface area contributed by atoms with Crippen molar-refractivity contribution in [3.05, 3.63) is 46.7 Å². The number of carbonyl (C=O) groups excluding carboxylic acids is 1. The highest BCUT2D eigenvalue weighted by atomic mass is 32.2. The highest BCUT2D eigenvalue weighted by Gasteiger charge is 2.10. The standard InChI is InChI=1S/C18H17N5OS3/c24-15(19-7-9-25-10-12-4-3-8-26-12)11-27-18-21-17-16(22-23-18)13-5-1-2-6-14(13)20-17/h1-6,8H,7,9-11H2,(H,19,24)(H,20,21,23). The number of H-pyrrole nitrogens is 1. The van der Waals surface area contributed by atoms with Crippen LogP contribution in [-0.4, -0.2) is 44.1 Å². The smallest absolute Gasteiger partial charge is 0.230 e. The van der Waals surface area contributed by atoms with E-state index in [1.165, 1.54) is 16.6 Å². The number of aromatic nitrogens is 4. The summed E-state index contributed by atoms with van der Waals surface area (Å²) >= 11 is 4.88. The molecule has 0 atom stereocenters. The van der Waals surface area contributed by atoms with Crippen molar-refractivity contribution in [3.8, 4) is 0 Å². The molecule has 0 bridgehead atoms. The van der Waals surface area contributed by atoms with E-state index in [9.17, 15) is 4.79 Å². The summed E-state index contributed by atoms with van der Waals surface area (Å²) in [5, 5.41) is 14.9. The van der Waals surface area contributed by atoms with Crippen LogP contribution in [0.3, 0.4) is 0 Å². The quantitative estimate of drug-likeness (QED) is 0.337. The third-order valence-corrected chi connectivity index (χ3v) is 6.73. The summed E-state index contributed by atoms with van der Waals surface area (Å²) in [5.74, 6) is 2.15. The maximum absolute atomic E-state index is 12.0. The number of hydrogen-bond acceptors (Lipinski definition) is 7. The number of rotatable bonds is 8. The predicted octanol–water partition coefficient (Wildman–Crippen LogP) is 3.71. The van der Waals surface area contributed by atoms with Crippen molar-refractivity contribution in [2.45, 2.75) is 10.9 Å². The fourth-order valence-corrected chi connectivity index (χ4v) is 4.89. The van der Waals surface area contributed by atoms with E-state index < -0.39 is 0 Å². The van der Waals surface area contributed by atoms with Gasteiger partial charge in [-0.3, -0.25) is 4.79 Å². The topological polar surface area (TPSA) is 83.6 Å². The number of fused-ring (bicyclic) bond motifs is 3. The Balaban J connectivity index is 1.24. The zero-order valence-corrected chi connectivity index (χ0v) is 16.8. The average molecular weight is 416 g/mol. The highest BCUT2D eigenvalue weighted by Crippen LogP contribution is 2.23. The first-order chi connectivity index (χ1) is 13.3. The number of amides is 1. The molecule has 9 heteroatoms. The summed E-state index contributed by atoms with van der Waals surface area (Å²) in [7, 11) is 0. The number of hydrogen-bond donors (Lipinski definition) is 2. The van der Waals surface area contributed by atoms with Gasteiger partial charge in [0.2, 0.25) is 11.1 Å². The largest absolute Gasteiger partial charge is 0.355 e. The van der Waals surface area contributed by atoms with E-state index >= 15 is 0 Å². The van der Waals surface area contributed by atoms with Crippen molar-refractivity contribution in [1.29, 1.82) is 0 Å². The third-order valence-electron chi connectivity index (χ3n) is 3.83. The van der Waals surface area contributed by atoms with Gasteiger partial charge in [-0.05, 0) is 17.5 Å². The number of thioether (sulfide) groups is 2. The normalized spacial score (nSPS) is 11.3. The van der Waals surface area contributed by atoms with Crippen LogP contribution in [0.2, 0.25) is 0 Å². The van der Waals surface area contributed by atoms with Crippen LogP contribution in [-0.2, 0) is 10.5 Å². The molecule has 138 valence electrons. The van der Waals surface area contributed by atoms with E-state index in [-0.39, 0.29) is 11.7 Å². The molecule has 0 aliphatic carbocycles. The minimum absolute atomic E-state index is 0.0166. The minimum Gasteiger partial charge on any atom is -0.355 e. The van der Waals surface area contributed by atoms with Gasteiger partial charge in [0, 0.05) is 33.8 Å². The van der Waals surface area contributed by atoms with Gasteiger partial charge in [-0.15, -0.1) is 21.5 Å². The Hall–Kier alpha value is -2.10. The van der Waals surface area contributed by atoms with Gasteiger partial charge >= 0.3 is 0 Å². The summed E-state index contributed by atoms with van der Waals surface area (Å²) in [6.07, 6.45) is 0. The molecule has 0 saturated heterocycles. The van der Waals surface area contributed by atoms with Crippen molar-refractivity contribution < 1.29 is 4.79 Å². The lowest BCUT2D eigenvalue weighted by Gasteiger charge is -2.04. The van der Waals surface area contributed by atoms with Crippen LogP contribution in [0.1, 0.15) is 4.88 Å². The number of thiophene rings is 1. The van der Waals surface area contributed by atoms with Gasteiger partial charge in [0.25, 0.3) is 0 Å². The SMILES string of the molecule is O=C(CSc1nnc2c(n1)[nH]c1ccccc12)NCCSCc1cccs1. The Kier molecular flexibility index (Phi) is 5.90. The van der Waals surface area contributed by atoms with Crippen molar-refractivity contribution >= 4 is 62.8 Å². The molecule has 4 aromatic rings. The molecule has 0 saturated carbocycles. The average Bonchev–Trinajstić information content (AvgIpc) is 3.33. The second-order valence-electron chi connectivity index (χ2n) is 5.73. The molecule has 0 aliphatic rings. The maximum atomic E-state index is 12.0. The molecule has 3 heterocycles. The molecule has 0 unspecified atom stereocenters. The van der Waals surface area contributed by atoms with Crippen LogP contribution in [0.5, 0.6) is 0 Å². The Morgan fingerprint density at radius 3 is 3.00 bits per heavy atom. The molecule has 1 aromatic carbocycles. The number of aromatic amines is 1. The molecular formula is C18H17N5OS3. The van der Waals surface area contributed by atoms with Crippen LogP contribution in [0.4, 0.5) is 0 Å². The fraction of sp³-hybridized carbons (Fsp3) is 0.222. The maximum Gasteiger partial charge on any atom is 0.230 e. The first-order valence-electron chi connectivity index (χ1n) is 8.40. The molecule has 6 nitrogen and oxygen atoms in total. The number of carbonyl (C=O) groups is 1. The lowest BCUT2D eigenvalue weighted by atomic mass is 10.2. The van der Waals surface area contributed by atoms with Gasteiger partial charge in [0.05, 0.1) is 5.75 Å². The summed E-state index contributed by atoms with van der Waals surface area (Å²) in [5.41, 5.74) is 2.43. The molecule has 0 aliphatic heterocycles. The van der Waals surface area contributed by atoms with Crippen molar-refractivity contribution in [2.75, 3.05) is 18.1 Å². The molecule has 4 rings (SSSR count). The van der Waals surface area contributed by atoms with E-state index in [2.05, 4.69) is 43.0 Å². The lowest BCUT2D eigenvalue weighted by Crippen LogP contribution is -2.27. The Labute approximate surface area is 168 Å². The number of nitrogens with one attached hydrogen (secondary N) is 2. The van der Waals surface area contributed by atoms with E-state index in [4.69, 9.17) is 0 Å². The highest BCUT2D eigenvalue weighted by molar-refractivity contribution is 7.99. The number of nitrogens with zero attached hydrogens (tertiary/aromatic N) is 3. The van der Waals surface area contributed by atoms with E-state index in [0.29, 0.717) is 17.3 Å². The predicted molar refractivity (Wildman–Crippen MR) is 113 cm³/mol. The summed E-state index contributed by atoms with van der Waals surface area (Å²) in [6, 6.07) is 12.1. The van der Waals surface area contributed by atoms with Crippen LogP contribution < -0.4 is 5.32 Å². The van der Waals surface area contributed by atoms with Crippen molar-refractivity contribution in [2.24, 2.45) is 0 Å². The minimum atomic E-state index is -0.0166. The van der Waals surface area contributed by atoms with Crippen molar-refractivity contribution in [3.63, 3.8) is 0 Å². The van der Waals surface area contributed by atoms with Crippen molar-refractivity contribution in [1.82, 2.24) is 25.5 Å². The molecule has 2 N–H and O–H groups in total. The summed E-state index contributed by atoms with van der Waals surface area (Å²) in [4.78, 5) is 21.1. The molecule has 0 spiro atoms. The first-order valence-corrected chi connectivity index (χ1v) is 11.4. The van der Waals surface area contributed by atoms with Gasteiger partial charge in [0.15, 0.2) is 5.65 Å². The second kappa shape index (κ2) is 8.73. The van der Waals surface area contributed by atoms with E-state index in [1.54, 1.807) is 11.3 Å². The Morgan fingerprint density at radius 1 is 1.19 bits per heavy atom. The molecule has 0 fully saturated rings.